The Bertz CT molecular complexity index is 351. The number of ether oxygens (including phenoxy) is 2. The van der Waals surface area contributed by atoms with Crippen LogP contribution >= 0.6 is 0 Å². The lowest BCUT2D eigenvalue weighted by atomic mass is 10.2. The molecule has 1 aromatic rings. The molecule has 0 aliphatic rings. The van der Waals surface area contributed by atoms with Gasteiger partial charge in [0.25, 0.3) is 0 Å². The minimum atomic E-state index is 0.669. The summed E-state index contributed by atoms with van der Waals surface area (Å²) >= 11 is 0. The predicted molar refractivity (Wildman–Crippen MR) is 65.2 cm³/mol. The van der Waals surface area contributed by atoms with E-state index in [1.54, 1.807) is 13.3 Å². The van der Waals surface area contributed by atoms with Gasteiger partial charge in [0.2, 0.25) is 0 Å². The van der Waals surface area contributed by atoms with Crippen molar-refractivity contribution in [2.75, 3.05) is 13.7 Å². The molecule has 0 aliphatic heterocycles. The number of unbranched alkanes of at least 4 members (excludes halogenated alkanes) is 1. The normalized spacial score (nSPS) is 10.6. The first kappa shape index (κ1) is 12.4. The molecule has 0 saturated heterocycles. The predicted octanol–water partition coefficient (Wildman–Crippen LogP) is 2.17. The van der Waals surface area contributed by atoms with E-state index in [0.29, 0.717) is 18.1 Å². The van der Waals surface area contributed by atoms with Crippen molar-refractivity contribution < 1.29 is 9.47 Å². The van der Waals surface area contributed by atoms with Crippen molar-refractivity contribution in [1.29, 1.82) is 0 Å². The van der Waals surface area contributed by atoms with Gasteiger partial charge in [0.1, 0.15) is 0 Å². The van der Waals surface area contributed by atoms with E-state index < -0.39 is 0 Å². The summed E-state index contributed by atoms with van der Waals surface area (Å²) in [5.74, 6) is 6.55. The van der Waals surface area contributed by atoms with Gasteiger partial charge in [0.05, 0.1) is 19.9 Å². The molecule has 0 unspecified atom stereocenters. The SMILES string of the molecule is CCCCOc1c(C=NN)cccc1OC. The molecule has 2 N–H and O–H groups in total. The van der Waals surface area contributed by atoms with Crippen LogP contribution in [0.5, 0.6) is 11.5 Å². The van der Waals surface area contributed by atoms with E-state index in [1.807, 2.05) is 18.2 Å². The van der Waals surface area contributed by atoms with Crippen molar-refractivity contribution in [3.63, 3.8) is 0 Å². The molecule has 0 amide bonds. The van der Waals surface area contributed by atoms with E-state index >= 15 is 0 Å². The van der Waals surface area contributed by atoms with Gasteiger partial charge in [-0.1, -0.05) is 19.4 Å². The Morgan fingerprint density at radius 3 is 2.88 bits per heavy atom. The van der Waals surface area contributed by atoms with Crippen molar-refractivity contribution in [2.45, 2.75) is 19.8 Å². The zero-order valence-corrected chi connectivity index (χ0v) is 9.77. The molecular formula is C12H18N2O2. The topological polar surface area (TPSA) is 56.8 Å². The molecule has 1 aromatic carbocycles. The van der Waals surface area contributed by atoms with Gasteiger partial charge in [-0.15, -0.1) is 0 Å². The molecule has 0 saturated carbocycles. The van der Waals surface area contributed by atoms with Gasteiger partial charge in [0.15, 0.2) is 11.5 Å². The van der Waals surface area contributed by atoms with Crippen LogP contribution in [-0.2, 0) is 0 Å². The number of benzene rings is 1. The first-order chi connectivity index (χ1) is 7.83. The molecule has 88 valence electrons. The Labute approximate surface area is 96.1 Å². The molecule has 0 atom stereocenters. The van der Waals surface area contributed by atoms with Gasteiger partial charge >= 0.3 is 0 Å². The average Bonchev–Trinajstić information content (AvgIpc) is 2.31. The van der Waals surface area contributed by atoms with Crippen LogP contribution in [0.15, 0.2) is 23.3 Å². The largest absolute Gasteiger partial charge is 0.493 e. The third-order valence-corrected chi connectivity index (χ3v) is 2.19. The van der Waals surface area contributed by atoms with Crippen molar-refractivity contribution in [1.82, 2.24) is 0 Å². The molecule has 4 heteroatoms. The van der Waals surface area contributed by atoms with Gasteiger partial charge in [-0.05, 0) is 18.6 Å². The molecule has 4 nitrogen and oxygen atoms in total. The van der Waals surface area contributed by atoms with Crippen LogP contribution in [0.25, 0.3) is 0 Å². The van der Waals surface area contributed by atoms with Crippen LogP contribution < -0.4 is 15.3 Å². The molecule has 16 heavy (non-hydrogen) atoms. The quantitative estimate of drug-likeness (QED) is 0.347. The Balaban J connectivity index is 2.90. The molecule has 1 rings (SSSR count). The molecule has 0 aliphatic carbocycles. The summed E-state index contributed by atoms with van der Waals surface area (Å²) in [7, 11) is 1.62. The van der Waals surface area contributed by atoms with Gasteiger partial charge in [-0.25, -0.2) is 0 Å². The smallest absolute Gasteiger partial charge is 0.169 e. The zero-order valence-electron chi connectivity index (χ0n) is 9.77. The minimum absolute atomic E-state index is 0.669. The number of methoxy groups -OCH3 is 1. The lowest BCUT2D eigenvalue weighted by Crippen LogP contribution is -2.02. The second kappa shape index (κ2) is 6.71. The van der Waals surface area contributed by atoms with Gasteiger partial charge in [-0.3, -0.25) is 0 Å². The first-order valence-electron chi connectivity index (χ1n) is 5.36. The zero-order chi connectivity index (χ0) is 11.8. The lowest BCUT2D eigenvalue weighted by molar-refractivity contribution is 0.288. The van der Waals surface area contributed by atoms with E-state index in [0.717, 1.165) is 18.4 Å². The maximum Gasteiger partial charge on any atom is 0.169 e. The van der Waals surface area contributed by atoms with E-state index in [2.05, 4.69) is 12.0 Å². The molecular weight excluding hydrogens is 204 g/mol. The molecule has 0 bridgehead atoms. The van der Waals surface area contributed by atoms with Crippen molar-refractivity contribution in [3.05, 3.63) is 23.8 Å². The van der Waals surface area contributed by atoms with Crippen LogP contribution in [-0.4, -0.2) is 19.9 Å². The highest BCUT2D eigenvalue weighted by Crippen LogP contribution is 2.30. The Morgan fingerprint density at radius 2 is 2.25 bits per heavy atom. The molecule has 0 heterocycles. The Kier molecular flexibility index (Phi) is 5.19. The van der Waals surface area contributed by atoms with Crippen molar-refractivity contribution in [2.24, 2.45) is 10.9 Å². The van der Waals surface area contributed by atoms with Gasteiger partial charge in [0, 0.05) is 5.56 Å². The van der Waals surface area contributed by atoms with Crippen LogP contribution in [0.4, 0.5) is 0 Å². The summed E-state index contributed by atoms with van der Waals surface area (Å²) < 4.78 is 10.9. The molecule has 0 radical (unpaired) electrons. The van der Waals surface area contributed by atoms with E-state index in [1.165, 1.54) is 0 Å². The third kappa shape index (κ3) is 3.15. The number of hydrogen-bond acceptors (Lipinski definition) is 4. The highest BCUT2D eigenvalue weighted by molar-refractivity contribution is 5.84. The summed E-state index contributed by atoms with van der Waals surface area (Å²) in [5.41, 5.74) is 0.831. The summed E-state index contributed by atoms with van der Waals surface area (Å²) in [4.78, 5) is 0. The number of nitrogens with two attached hydrogens (primary N) is 1. The van der Waals surface area contributed by atoms with Gasteiger partial charge in [-0.2, -0.15) is 5.10 Å². The van der Waals surface area contributed by atoms with Crippen LogP contribution in [0.3, 0.4) is 0 Å². The molecule has 0 spiro atoms. The van der Waals surface area contributed by atoms with Gasteiger partial charge < -0.3 is 15.3 Å². The van der Waals surface area contributed by atoms with E-state index in [4.69, 9.17) is 15.3 Å². The standard InChI is InChI=1S/C12H18N2O2/c1-3-4-8-16-12-10(9-14-13)6-5-7-11(12)15-2/h5-7,9H,3-4,8,13H2,1-2H3. The maximum atomic E-state index is 5.68. The number of hydrogen-bond donors (Lipinski definition) is 1. The van der Waals surface area contributed by atoms with Crippen LogP contribution in [0, 0.1) is 0 Å². The number of rotatable bonds is 6. The third-order valence-electron chi connectivity index (χ3n) is 2.19. The maximum absolute atomic E-state index is 5.68. The number of hydrazone groups is 1. The highest BCUT2D eigenvalue weighted by Gasteiger charge is 2.08. The summed E-state index contributed by atoms with van der Waals surface area (Å²) in [5, 5.41) is 3.51. The second-order valence-electron chi connectivity index (χ2n) is 3.36. The fourth-order valence-electron chi connectivity index (χ4n) is 1.35. The Hall–Kier alpha value is -1.71. The fraction of sp³-hybridized carbons (Fsp3) is 0.417. The van der Waals surface area contributed by atoms with Crippen molar-refractivity contribution in [3.8, 4) is 11.5 Å². The number of nitrogens with zero attached hydrogens (tertiary/aromatic N) is 1. The number of para-hydroxylation sites is 1. The summed E-state index contributed by atoms with van der Waals surface area (Å²) in [6.07, 6.45) is 3.66. The molecule has 0 fully saturated rings. The van der Waals surface area contributed by atoms with Crippen molar-refractivity contribution >= 4 is 6.21 Å². The second-order valence-corrected chi connectivity index (χ2v) is 3.36. The monoisotopic (exact) mass is 222 g/mol. The summed E-state index contributed by atoms with van der Waals surface area (Å²) in [6.45, 7) is 2.79. The highest BCUT2D eigenvalue weighted by atomic mass is 16.5. The average molecular weight is 222 g/mol. The fourth-order valence-corrected chi connectivity index (χ4v) is 1.35. The summed E-state index contributed by atoms with van der Waals surface area (Å²) in [6, 6.07) is 5.62. The minimum Gasteiger partial charge on any atom is -0.493 e. The van der Waals surface area contributed by atoms with E-state index in [-0.39, 0.29) is 0 Å². The first-order valence-corrected chi connectivity index (χ1v) is 5.36. The molecule has 0 aromatic heterocycles. The Morgan fingerprint density at radius 1 is 1.44 bits per heavy atom. The van der Waals surface area contributed by atoms with E-state index in [9.17, 15) is 0 Å². The van der Waals surface area contributed by atoms with Crippen LogP contribution in [0.1, 0.15) is 25.3 Å². The van der Waals surface area contributed by atoms with Crippen LogP contribution in [0.2, 0.25) is 0 Å². The lowest BCUT2D eigenvalue weighted by Gasteiger charge is -2.12.